The van der Waals surface area contributed by atoms with Crippen LogP contribution in [0.4, 0.5) is 0 Å². The van der Waals surface area contributed by atoms with E-state index in [1.54, 1.807) is 0 Å². The molecule has 2 rings (SSSR count). The summed E-state index contributed by atoms with van der Waals surface area (Å²) in [5.74, 6) is 0. The van der Waals surface area contributed by atoms with Gasteiger partial charge in [-0.15, -0.1) is 0 Å². The lowest BCUT2D eigenvalue weighted by molar-refractivity contribution is 0.0451. The van der Waals surface area contributed by atoms with Crippen LogP contribution in [-0.4, -0.2) is 16.8 Å². The average molecular weight is 262 g/mol. The highest BCUT2D eigenvalue weighted by Gasteiger charge is 2.42. The molecule has 0 heterocycles. The van der Waals surface area contributed by atoms with Crippen molar-refractivity contribution in [1.29, 1.82) is 0 Å². The fraction of sp³-hybridized carbons (Fsp3) is 0.647. The third kappa shape index (κ3) is 2.32. The summed E-state index contributed by atoms with van der Waals surface area (Å²) in [6.07, 6.45) is 3.45. The summed E-state index contributed by atoms with van der Waals surface area (Å²) in [6, 6.07) is 2.22. The van der Waals surface area contributed by atoms with Crippen LogP contribution < -0.4 is 0 Å². The number of rotatable bonds is 4. The lowest BCUT2D eigenvalue weighted by Gasteiger charge is -2.28. The van der Waals surface area contributed by atoms with E-state index in [4.69, 9.17) is 0 Å². The van der Waals surface area contributed by atoms with E-state index in [-0.39, 0.29) is 18.1 Å². The smallest absolute Gasteiger partial charge is 0.0852 e. The van der Waals surface area contributed by atoms with Gasteiger partial charge in [-0.05, 0) is 60.9 Å². The van der Waals surface area contributed by atoms with Crippen molar-refractivity contribution in [3.63, 3.8) is 0 Å². The second kappa shape index (κ2) is 5.26. The number of fused-ring (bicyclic) bond motifs is 1. The van der Waals surface area contributed by atoms with Gasteiger partial charge >= 0.3 is 0 Å². The van der Waals surface area contributed by atoms with Crippen LogP contribution in [0.25, 0.3) is 0 Å². The molecule has 106 valence electrons. The molecule has 0 spiro atoms. The van der Waals surface area contributed by atoms with Gasteiger partial charge in [0.25, 0.3) is 0 Å². The minimum atomic E-state index is -0.361. The van der Waals surface area contributed by atoms with Gasteiger partial charge in [0.15, 0.2) is 0 Å². The largest absolute Gasteiger partial charge is 0.396 e. The first-order valence-electron chi connectivity index (χ1n) is 7.35. The third-order valence-corrected chi connectivity index (χ3v) is 4.78. The maximum atomic E-state index is 10.7. The number of hydrogen-bond donors (Lipinski definition) is 2. The van der Waals surface area contributed by atoms with E-state index in [1.807, 2.05) is 0 Å². The first kappa shape index (κ1) is 14.5. The molecular formula is C17H26O2. The van der Waals surface area contributed by atoms with Crippen molar-refractivity contribution in [3.8, 4) is 0 Å². The molecule has 2 nitrogen and oxygen atoms in total. The molecule has 19 heavy (non-hydrogen) atoms. The molecule has 2 N–H and O–H groups in total. The highest BCUT2D eigenvalue weighted by molar-refractivity contribution is 5.50. The molecule has 1 aliphatic rings. The quantitative estimate of drug-likeness (QED) is 0.874. The number of aliphatic hydroxyl groups is 2. The van der Waals surface area contributed by atoms with E-state index in [1.165, 1.54) is 22.3 Å². The summed E-state index contributed by atoms with van der Waals surface area (Å²) < 4.78 is 0. The van der Waals surface area contributed by atoms with E-state index < -0.39 is 0 Å². The Kier molecular flexibility index (Phi) is 4.03. The molecule has 0 radical (unpaired) electrons. The van der Waals surface area contributed by atoms with Crippen molar-refractivity contribution in [1.82, 2.24) is 0 Å². The summed E-state index contributed by atoms with van der Waals surface area (Å²) in [6.45, 7) is 8.75. The normalized spacial score (nSPS) is 25.7. The van der Waals surface area contributed by atoms with Crippen LogP contribution in [0, 0.1) is 19.3 Å². The second-order valence-electron chi connectivity index (χ2n) is 6.33. The van der Waals surface area contributed by atoms with Crippen molar-refractivity contribution >= 4 is 0 Å². The molecule has 0 bridgehead atoms. The Labute approximate surface area is 116 Å². The third-order valence-electron chi connectivity index (χ3n) is 4.78. The maximum Gasteiger partial charge on any atom is 0.0852 e. The van der Waals surface area contributed by atoms with E-state index in [0.29, 0.717) is 6.42 Å². The van der Waals surface area contributed by atoms with Gasteiger partial charge in [-0.3, -0.25) is 0 Å². The summed E-state index contributed by atoms with van der Waals surface area (Å²) in [7, 11) is 0. The first-order chi connectivity index (χ1) is 8.94. The Balaban J connectivity index is 2.49. The zero-order chi connectivity index (χ0) is 14.2. The van der Waals surface area contributed by atoms with Crippen LogP contribution >= 0.6 is 0 Å². The van der Waals surface area contributed by atoms with Gasteiger partial charge in [0.2, 0.25) is 0 Å². The van der Waals surface area contributed by atoms with Crippen molar-refractivity contribution in [2.45, 2.75) is 59.5 Å². The summed E-state index contributed by atoms with van der Waals surface area (Å²) >= 11 is 0. The monoisotopic (exact) mass is 262 g/mol. The minimum Gasteiger partial charge on any atom is -0.396 e. The first-order valence-corrected chi connectivity index (χ1v) is 7.35. The number of aliphatic hydroxyl groups excluding tert-OH is 2. The highest BCUT2D eigenvalue weighted by Crippen LogP contribution is 2.50. The molecule has 0 aliphatic heterocycles. The topological polar surface area (TPSA) is 40.5 Å². The van der Waals surface area contributed by atoms with Crippen LogP contribution in [0.2, 0.25) is 0 Å². The molecule has 2 unspecified atom stereocenters. The van der Waals surface area contributed by atoms with E-state index in [9.17, 15) is 10.2 Å². The van der Waals surface area contributed by atoms with Crippen molar-refractivity contribution in [2.24, 2.45) is 5.41 Å². The number of aryl methyl sites for hydroxylation is 1. The number of benzene rings is 1. The minimum absolute atomic E-state index is 0.0217. The molecular weight excluding hydrogens is 236 g/mol. The fourth-order valence-electron chi connectivity index (χ4n) is 3.83. The maximum absolute atomic E-state index is 10.7. The Morgan fingerprint density at radius 1 is 1.37 bits per heavy atom. The molecule has 0 fully saturated rings. The molecule has 0 saturated carbocycles. The highest BCUT2D eigenvalue weighted by atomic mass is 16.3. The van der Waals surface area contributed by atoms with Crippen LogP contribution in [0.5, 0.6) is 0 Å². The molecule has 0 saturated heterocycles. The van der Waals surface area contributed by atoms with Gasteiger partial charge in [0.1, 0.15) is 0 Å². The summed E-state index contributed by atoms with van der Waals surface area (Å²) in [5, 5.41) is 19.9. The van der Waals surface area contributed by atoms with Crippen molar-refractivity contribution in [3.05, 3.63) is 33.9 Å². The van der Waals surface area contributed by atoms with Gasteiger partial charge in [-0.2, -0.15) is 0 Å². The van der Waals surface area contributed by atoms with Gasteiger partial charge in [-0.1, -0.05) is 26.3 Å². The Bertz CT molecular complexity index is 479. The Hall–Kier alpha value is -0.860. The fourth-order valence-corrected chi connectivity index (χ4v) is 3.83. The van der Waals surface area contributed by atoms with Crippen LogP contribution in [0.15, 0.2) is 6.07 Å². The zero-order valence-electron chi connectivity index (χ0n) is 12.6. The van der Waals surface area contributed by atoms with Gasteiger partial charge in [-0.25, -0.2) is 0 Å². The molecule has 2 atom stereocenters. The molecule has 0 aromatic heterocycles. The average Bonchev–Trinajstić information content (AvgIpc) is 2.57. The molecule has 0 amide bonds. The second-order valence-corrected chi connectivity index (χ2v) is 6.33. The van der Waals surface area contributed by atoms with Gasteiger partial charge in [0.05, 0.1) is 6.10 Å². The van der Waals surface area contributed by atoms with Crippen LogP contribution in [-0.2, 0) is 12.8 Å². The van der Waals surface area contributed by atoms with Crippen LogP contribution in [0.3, 0.4) is 0 Å². The lowest BCUT2D eigenvalue weighted by Crippen LogP contribution is -2.22. The predicted octanol–water partition coefficient (Wildman–Crippen LogP) is 3.23. The van der Waals surface area contributed by atoms with E-state index in [0.717, 1.165) is 24.8 Å². The zero-order valence-corrected chi connectivity index (χ0v) is 12.6. The van der Waals surface area contributed by atoms with Crippen LogP contribution in [0.1, 0.15) is 60.6 Å². The summed E-state index contributed by atoms with van der Waals surface area (Å²) in [5.41, 5.74) is 6.06. The Morgan fingerprint density at radius 2 is 2.05 bits per heavy atom. The van der Waals surface area contributed by atoms with E-state index >= 15 is 0 Å². The Morgan fingerprint density at radius 3 is 2.63 bits per heavy atom. The standard InChI is InChI=1S/C17H26O2/c1-5-7-17(4)10-13-9-11(2)14(6-8-18)12(3)15(13)16(17)19/h9,16,18-19H,5-8,10H2,1-4H3. The molecule has 1 aromatic carbocycles. The SMILES string of the molecule is CCCC1(C)Cc2cc(C)c(CCO)c(C)c2C1O. The molecule has 1 aliphatic carbocycles. The molecule has 1 aromatic rings. The van der Waals surface area contributed by atoms with Crippen molar-refractivity contribution < 1.29 is 10.2 Å². The van der Waals surface area contributed by atoms with E-state index in [2.05, 4.69) is 33.8 Å². The lowest BCUT2D eigenvalue weighted by atomic mass is 9.80. The van der Waals surface area contributed by atoms with Gasteiger partial charge < -0.3 is 10.2 Å². The van der Waals surface area contributed by atoms with Crippen molar-refractivity contribution in [2.75, 3.05) is 6.61 Å². The molecule has 2 heteroatoms. The number of hydrogen-bond acceptors (Lipinski definition) is 2. The predicted molar refractivity (Wildman–Crippen MR) is 78.4 cm³/mol. The summed E-state index contributed by atoms with van der Waals surface area (Å²) in [4.78, 5) is 0. The van der Waals surface area contributed by atoms with Gasteiger partial charge in [0, 0.05) is 12.0 Å².